The lowest BCUT2D eigenvalue weighted by molar-refractivity contribution is -0.373. The maximum Gasteiger partial charge on any atom is 0.187 e. The number of ether oxygens (including phenoxy) is 11. The monoisotopic (exact) mass is 806 g/mol. The average Bonchev–Trinajstić information content (AvgIpc) is 3.19. The minimum Gasteiger partial charge on any atom is -0.394 e. The molecular formula is C34H62O21. The van der Waals surface area contributed by atoms with Crippen LogP contribution in [0.5, 0.6) is 0 Å². The summed E-state index contributed by atoms with van der Waals surface area (Å²) in [5, 5.41) is 103. The van der Waals surface area contributed by atoms with Crippen LogP contribution in [0, 0.1) is 0 Å². The molecule has 21 heteroatoms. The Hall–Kier alpha value is -1.10. The van der Waals surface area contributed by atoms with Crippen molar-refractivity contribution >= 4 is 0 Å². The van der Waals surface area contributed by atoms with Crippen LogP contribution in [0.4, 0.5) is 0 Å². The zero-order chi connectivity index (χ0) is 40.2. The standard InChI is InChI=1S/C34H62O21/c1-2-5-45-7-9-47-11-13-49-15-16-50-14-12-48-10-8-46-6-3-4-20-24(38)27(41)31(22(18-36)51-20)54-34-30(44)28(42)32(23(19-37)53-34)55-33-29(43)26(40)25(39)21(17-35)52-33/h2,20-44H,1,3-19H2. The van der Waals surface area contributed by atoms with Gasteiger partial charge in [0, 0.05) is 6.61 Å². The van der Waals surface area contributed by atoms with E-state index in [2.05, 4.69) is 6.58 Å². The van der Waals surface area contributed by atoms with Crippen LogP contribution >= 0.6 is 0 Å². The Morgan fingerprint density at radius 3 is 1.27 bits per heavy atom. The highest BCUT2D eigenvalue weighted by atomic mass is 16.7. The number of hydrogen-bond donors (Lipinski definition) is 10. The summed E-state index contributed by atoms with van der Waals surface area (Å²) in [5.74, 6) is 0. The summed E-state index contributed by atoms with van der Waals surface area (Å²) >= 11 is 0. The molecule has 3 rings (SSSR count). The minimum absolute atomic E-state index is 0.249. The van der Waals surface area contributed by atoms with Crippen LogP contribution in [0.3, 0.4) is 0 Å². The summed E-state index contributed by atoms with van der Waals surface area (Å²) in [7, 11) is 0. The molecule has 0 radical (unpaired) electrons. The molecular weight excluding hydrogens is 744 g/mol. The molecule has 15 unspecified atom stereocenters. The van der Waals surface area contributed by atoms with E-state index >= 15 is 0 Å². The molecule has 0 aromatic heterocycles. The van der Waals surface area contributed by atoms with Gasteiger partial charge >= 0.3 is 0 Å². The van der Waals surface area contributed by atoms with Crippen molar-refractivity contribution < 1.29 is 103 Å². The van der Waals surface area contributed by atoms with Gasteiger partial charge in [-0.3, -0.25) is 0 Å². The molecule has 0 aliphatic carbocycles. The molecule has 55 heavy (non-hydrogen) atoms. The van der Waals surface area contributed by atoms with Gasteiger partial charge in [-0.1, -0.05) is 6.08 Å². The maximum absolute atomic E-state index is 10.9. The van der Waals surface area contributed by atoms with Crippen LogP contribution < -0.4 is 0 Å². The first-order valence-corrected chi connectivity index (χ1v) is 18.5. The third kappa shape index (κ3) is 15.2. The molecule has 0 spiro atoms. The van der Waals surface area contributed by atoms with E-state index in [1.165, 1.54) is 0 Å². The van der Waals surface area contributed by atoms with Gasteiger partial charge in [0.25, 0.3) is 0 Å². The van der Waals surface area contributed by atoms with Gasteiger partial charge in [0.05, 0.1) is 98.6 Å². The van der Waals surface area contributed by atoms with E-state index < -0.39 is 112 Å². The fraction of sp³-hybridized carbons (Fsp3) is 0.941. The molecule has 3 aliphatic heterocycles. The number of rotatable bonds is 28. The molecule has 0 amide bonds. The predicted octanol–water partition coefficient (Wildman–Crippen LogP) is -5.46. The molecule has 10 N–H and O–H groups in total. The summed E-state index contributed by atoms with van der Waals surface area (Å²) in [6.07, 6.45) is -21.1. The van der Waals surface area contributed by atoms with E-state index in [0.717, 1.165) is 0 Å². The lowest BCUT2D eigenvalue weighted by Crippen LogP contribution is -2.66. The molecule has 0 aromatic carbocycles. The molecule has 15 atom stereocenters. The zero-order valence-corrected chi connectivity index (χ0v) is 30.9. The van der Waals surface area contributed by atoms with Crippen LogP contribution in [0.25, 0.3) is 0 Å². The second-order valence-electron chi connectivity index (χ2n) is 13.0. The van der Waals surface area contributed by atoms with Crippen molar-refractivity contribution in [3.05, 3.63) is 12.7 Å². The van der Waals surface area contributed by atoms with E-state index in [4.69, 9.17) is 52.1 Å². The molecule has 0 saturated carbocycles. The Bertz CT molecular complexity index is 994. The molecule has 3 heterocycles. The van der Waals surface area contributed by atoms with Crippen molar-refractivity contribution in [2.75, 3.05) is 99.1 Å². The van der Waals surface area contributed by atoms with Crippen molar-refractivity contribution in [2.45, 2.75) is 105 Å². The highest BCUT2D eigenvalue weighted by molar-refractivity contribution is 4.97. The Labute approximate surface area is 319 Å². The van der Waals surface area contributed by atoms with E-state index in [9.17, 15) is 51.1 Å². The first kappa shape index (κ1) is 48.3. The largest absolute Gasteiger partial charge is 0.394 e. The second-order valence-corrected chi connectivity index (χ2v) is 13.0. The van der Waals surface area contributed by atoms with Crippen LogP contribution in [0.2, 0.25) is 0 Å². The SMILES string of the molecule is C=CCOCCOCCOCCOCCOCCOCCCC1OC(CO)C(OC2OC(CO)C(OC3OC(CO)C(O)C(O)C3O)C(O)C2O)C(O)C1O. The van der Waals surface area contributed by atoms with Gasteiger partial charge in [0.2, 0.25) is 0 Å². The highest BCUT2D eigenvalue weighted by Crippen LogP contribution is 2.33. The summed E-state index contributed by atoms with van der Waals surface area (Å²) in [6.45, 7) is 6.36. The third-order valence-electron chi connectivity index (χ3n) is 9.09. The lowest BCUT2D eigenvalue weighted by Gasteiger charge is -2.48. The molecule has 324 valence electrons. The Kier molecular flexibility index (Phi) is 23.5. The average molecular weight is 807 g/mol. The lowest BCUT2D eigenvalue weighted by atomic mass is 9.92. The Balaban J connectivity index is 1.30. The van der Waals surface area contributed by atoms with E-state index in [1.807, 2.05) is 0 Å². The van der Waals surface area contributed by atoms with Gasteiger partial charge in [-0.2, -0.15) is 0 Å². The van der Waals surface area contributed by atoms with Crippen LogP contribution in [0.15, 0.2) is 12.7 Å². The summed E-state index contributed by atoms with van der Waals surface area (Å²) in [6, 6.07) is 0. The van der Waals surface area contributed by atoms with Gasteiger partial charge in [0.1, 0.15) is 73.2 Å². The van der Waals surface area contributed by atoms with Crippen LogP contribution in [-0.4, -0.2) is 242 Å². The van der Waals surface area contributed by atoms with Gasteiger partial charge in [-0.25, -0.2) is 0 Å². The van der Waals surface area contributed by atoms with Crippen LogP contribution in [0.1, 0.15) is 12.8 Å². The van der Waals surface area contributed by atoms with Gasteiger partial charge in [-0.05, 0) is 12.8 Å². The molecule has 3 saturated heterocycles. The van der Waals surface area contributed by atoms with Gasteiger partial charge < -0.3 is 103 Å². The van der Waals surface area contributed by atoms with Crippen molar-refractivity contribution in [3.63, 3.8) is 0 Å². The molecule has 3 fully saturated rings. The smallest absolute Gasteiger partial charge is 0.187 e. The van der Waals surface area contributed by atoms with Crippen molar-refractivity contribution in [1.29, 1.82) is 0 Å². The predicted molar refractivity (Wildman–Crippen MR) is 183 cm³/mol. The molecule has 21 nitrogen and oxygen atoms in total. The highest BCUT2D eigenvalue weighted by Gasteiger charge is 2.53. The Morgan fingerprint density at radius 1 is 0.418 bits per heavy atom. The molecule has 3 aliphatic rings. The first-order chi connectivity index (χ1) is 26.6. The van der Waals surface area contributed by atoms with Crippen molar-refractivity contribution in [1.82, 2.24) is 0 Å². The zero-order valence-electron chi connectivity index (χ0n) is 30.9. The quantitative estimate of drug-likeness (QED) is 0.0261. The topological polar surface area (TPSA) is 304 Å². The summed E-state index contributed by atoms with van der Waals surface area (Å²) in [5.41, 5.74) is 0. The number of aliphatic hydroxyl groups is 10. The summed E-state index contributed by atoms with van der Waals surface area (Å²) < 4.78 is 60.4. The van der Waals surface area contributed by atoms with E-state index in [-0.39, 0.29) is 6.42 Å². The third-order valence-corrected chi connectivity index (χ3v) is 9.09. The molecule has 0 aromatic rings. The normalized spacial score (nSPS) is 36.9. The van der Waals surface area contributed by atoms with Gasteiger partial charge in [0.15, 0.2) is 12.6 Å². The van der Waals surface area contributed by atoms with Crippen molar-refractivity contribution in [3.8, 4) is 0 Å². The maximum atomic E-state index is 10.9. The van der Waals surface area contributed by atoms with Crippen molar-refractivity contribution in [2.24, 2.45) is 0 Å². The first-order valence-electron chi connectivity index (χ1n) is 18.5. The number of aliphatic hydroxyl groups excluding tert-OH is 10. The van der Waals surface area contributed by atoms with Gasteiger partial charge in [-0.15, -0.1) is 6.58 Å². The Morgan fingerprint density at radius 2 is 0.800 bits per heavy atom. The van der Waals surface area contributed by atoms with E-state index in [0.29, 0.717) is 85.7 Å². The molecule has 0 bridgehead atoms. The number of hydrogen-bond acceptors (Lipinski definition) is 21. The fourth-order valence-electron chi connectivity index (χ4n) is 6.05. The summed E-state index contributed by atoms with van der Waals surface area (Å²) in [4.78, 5) is 0. The van der Waals surface area contributed by atoms with E-state index in [1.54, 1.807) is 6.08 Å². The van der Waals surface area contributed by atoms with Crippen LogP contribution in [-0.2, 0) is 52.1 Å². The fourth-order valence-corrected chi connectivity index (χ4v) is 6.05. The minimum atomic E-state index is -1.90. The second kappa shape index (κ2) is 26.8.